The van der Waals surface area contributed by atoms with Crippen LogP contribution in [0.2, 0.25) is 0 Å². The smallest absolute Gasteiger partial charge is 0.274 e. The van der Waals surface area contributed by atoms with E-state index in [9.17, 15) is 4.79 Å². The summed E-state index contributed by atoms with van der Waals surface area (Å²) in [6.07, 6.45) is 0.611. The number of halogens is 1. The SMILES string of the molecule is Cc1c(CCCl)c(=O)n(-c2ccccc2)n1C. The van der Waals surface area contributed by atoms with Crippen molar-refractivity contribution in [2.24, 2.45) is 7.05 Å². The third-order valence-corrected chi connectivity index (χ3v) is 3.21. The van der Waals surface area contributed by atoms with Crippen LogP contribution in [0.15, 0.2) is 35.1 Å². The fraction of sp³-hybridized carbons (Fsp3) is 0.308. The molecule has 1 aromatic heterocycles. The number of aromatic nitrogens is 2. The van der Waals surface area contributed by atoms with Crippen molar-refractivity contribution in [3.8, 4) is 5.69 Å². The first-order valence-corrected chi connectivity index (χ1v) is 6.09. The number of benzene rings is 1. The lowest BCUT2D eigenvalue weighted by Crippen LogP contribution is -2.21. The average molecular weight is 251 g/mol. The largest absolute Gasteiger partial charge is 0.285 e. The first kappa shape index (κ1) is 12.0. The Kier molecular flexibility index (Phi) is 3.38. The van der Waals surface area contributed by atoms with E-state index in [1.165, 1.54) is 0 Å². The summed E-state index contributed by atoms with van der Waals surface area (Å²) < 4.78 is 3.55. The van der Waals surface area contributed by atoms with Gasteiger partial charge in [-0.2, -0.15) is 0 Å². The summed E-state index contributed by atoms with van der Waals surface area (Å²) in [6.45, 7) is 1.95. The van der Waals surface area contributed by atoms with Crippen LogP contribution in [0.3, 0.4) is 0 Å². The molecule has 0 spiro atoms. The number of rotatable bonds is 3. The molecule has 0 saturated heterocycles. The zero-order chi connectivity index (χ0) is 12.4. The van der Waals surface area contributed by atoms with Gasteiger partial charge < -0.3 is 0 Å². The molecule has 0 fully saturated rings. The number of para-hydroxylation sites is 1. The highest BCUT2D eigenvalue weighted by molar-refractivity contribution is 6.18. The van der Waals surface area contributed by atoms with Crippen LogP contribution in [0.5, 0.6) is 0 Å². The van der Waals surface area contributed by atoms with Crippen molar-refractivity contribution in [1.82, 2.24) is 9.36 Å². The molecule has 0 unspecified atom stereocenters. The van der Waals surface area contributed by atoms with Crippen molar-refractivity contribution in [2.75, 3.05) is 5.88 Å². The van der Waals surface area contributed by atoms with E-state index < -0.39 is 0 Å². The summed E-state index contributed by atoms with van der Waals surface area (Å²) in [5.41, 5.74) is 2.67. The first-order valence-electron chi connectivity index (χ1n) is 5.55. The van der Waals surface area contributed by atoms with Crippen molar-refractivity contribution < 1.29 is 0 Å². The van der Waals surface area contributed by atoms with Crippen LogP contribution < -0.4 is 5.56 Å². The highest BCUT2D eigenvalue weighted by Gasteiger charge is 2.14. The van der Waals surface area contributed by atoms with Gasteiger partial charge in [-0.05, 0) is 25.5 Å². The van der Waals surface area contributed by atoms with Gasteiger partial charge >= 0.3 is 0 Å². The lowest BCUT2D eigenvalue weighted by atomic mass is 10.2. The monoisotopic (exact) mass is 250 g/mol. The quantitative estimate of drug-likeness (QED) is 0.768. The molecule has 0 aliphatic heterocycles. The second kappa shape index (κ2) is 4.80. The van der Waals surface area contributed by atoms with Gasteiger partial charge in [0.25, 0.3) is 5.56 Å². The van der Waals surface area contributed by atoms with E-state index in [4.69, 9.17) is 11.6 Å². The van der Waals surface area contributed by atoms with Crippen LogP contribution in [-0.2, 0) is 13.5 Å². The Labute approximate surface area is 105 Å². The standard InChI is InChI=1S/C13H15ClN2O/c1-10-12(8-9-14)13(17)16(15(10)2)11-6-4-3-5-7-11/h3-7H,8-9H2,1-2H3. The molecule has 3 nitrogen and oxygen atoms in total. The summed E-state index contributed by atoms with van der Waals surface area (Å²) in [5.74, 6) is 0.467. The average Bonchev–Trinajstić information content (AvgIpc) is 2.55. The molecule has 0 aliphatic rings. The van der Waals surface area contributed by atoms with E-state index in [2.05, 4.69) is 0 Å². The van der Waals surface area contributed by atoms with E-state index in [1.54, 1.807) is 4.68 Å². The Morgan fingerprint density at radius 3 is 2.47 bits per heavy atom. The summed E-state index contributed by atoms with van der Waals surface area (Å²) in [7, 11) is 1.89. The summed E-state index contributed by atoms with van der Waals surface area (Å²) in [6, 6.07) is 9.62. The second-order valence-electron chi connectivity index (χ2n) is 3.98. The maximum Gasteiger partial charge on any atom is 0.274 e. The molecule has 2 rings (SSSR count). The first-order chi connectivity index (χ1) is 8.16. The Morgan fingerprint density at radius 1 is 1.24 bits per heavy atom. The molecular formula is C13H15ClN2O. The van der Waals surface area contributed by atoms with Crippen LogP contribution in [0.25, 0.3) is 5.69 Å². The van der Waals surface area contributed by atoms with Crippen LogP contribution in [0, 0.1) is 6.92 Å². The predicted octanol–water partition coefficient (Wildman–Crippen LogP) is 2.27. The van der Waals surface area contributed by atoms with Gasteiger partial charge in [-0.3, -0.25) is 9.48 Å². The van der Waals surface area contributed by atoms with Gasteiger partial charge in [-0.15, -0.1) is 11.6 Å². The predicted molar refractivity (Wildman–Crippen MR) is 70.2 cm³/mol. The molecule has 4 heteroatoms. The maximum absolute atomic E-state index is 12.3. The molecule has 0 aliphatic carbocycles. The lowest BCUT2D eigenvalue weighted by Gasteiger charge is -2.07. The normalized spacial score (nSPS) is 10.8. The van der Waals surface area contributed by atoms with Gasteiger partial charge in [-0.1, -0.05) is 18.2 Å². The molecular weight excluding hydrogens is 236 g/mol. The highest BCUT2D eigenvalue weighted by atomic mass is 35.5. The van der Waals surface area contributed by atoms with Crippen molar-refractivity contribution in [3.05, 3.63) is 51.9 Å². The van der Waals surface area contributed by atoms with E-state index in [1.807, 2.05) is 49.0 Å². The van der Waals surface area contributed by atoms with Crippen molar-refractivity contribution in [2.45, 2.75) is 13.3 Å². The zero-order valence-electron chi connectivity index (χ0n) is 9.98. The lowest BCUT2D eigenvalue weighted by molar-refractivity contribution is 0.630. The van der Waals surface area contributed by atoms with E-state index in [-0.39, 0.29) is 5.56 Å². The Bertz CT molecular complexity index is 569. The highest BCUT2D eigenvalue weighted by Crippen LogP contribution is 2.10. The fourth-order valence-corrected chi connectivity index (χ4v) is 2.20. The molecule has 0 atom stereocenters. The van der Waals surface area contributed by atoms with Gasteiger partial charge in [0, 0.05) is 24.2 Å². The Hall–Kier alpha value is -1.48. The molecule has 17 heavy (non-hydrogen) atoms. The van der Waals surface area contributed by atoms with Gasteiger partial charge in [-0.25, -0.2) is 4.68 Å². The third-order valence-electron chi connectivity index (χ3n) is 3.02. The number of nitrogens with zero attached hydrogens (tertiary/aromatic N) is 2. The summed E-state index contributed by atoms with van der Waals surface area (Å²) in [4.78, 5) is 12.3. The molecule has 90 valence electrons. The summed E-state index contributed by atoms with van der Waals surface area (Å²) >= 11 is 5.73. The topological polar surface area (TPSA) is 26.9 Å². The van der Waals surface area contributed by atoms with E-state index in [0.29, 0.717) is 12.3 Å². The molecule has 0 bridgehead atoms. The molecule has 0 saturated carbocycles. The van der Waals surface area contributed by atoms with Gasteiger partial charge in [0.1, 0.15) is 0 Å². The number of hydrogen-bond acceptors (Lipinski definition) is 1. The van der Waals surface area contributed by atoms with Crippen LogP contribution >= 0.6 is 11.6 Å². The van der Waals surface area contributed by atoms with Crippen molar-refractivity contribution >= 4 is 11.6 Å². The van der Waals surface area contributed by atoms with E-state index in [0.717, 1.165) is 16.9 Å². The fourth-order valence-electron chi connectivity index (χ4n) is 2.01. The van der Waals surface area contributed by atoms with Crippen LogP contribution in [0.1, 0.15) is 11.3 Å². The van der Waals surface area contributed by atoms with Crippen LogP contribution in [-0.4, -0.2) is 15.2 Å². The molecule has 0 N–H and O–H groups in total. The number of hydrogen-bond donors (Lipinski definition) is 0. The number of alkyl halides is 1. The van der Waals surface area contributed by atoms with Gasteiger partial charge in [0.05, 0.1) is 5.69 Å². The van der Waals surface area contributed by atoms with E-state index >= 15 is 0 Å². The van der Waals surface area contributed by atoms with Crippen LogP contribution in [0.4, 0.5) is 0 Å². The Balaban J connectivity index is 2.64. The van der Waals surface area contributed by atoms with Gasteiger partial charge in [0.2, 0.25) is 0 Å². The molecule has 0 amide bonds. The minimum Gasteiger partial charge on any atom is -0.285 e. The third kappa shape index (κ3) is 2.03. The Morgan fingerprint density at radius 2 is 1.88 bits per heavy atom. The van der Waals surface area contributed by atoms with Crippen molar-refractivity contribution in [1.29, 1.82) is 0 Å². The zero-order valence-corrected chi connectivity index (χ0v) is 10.7. The summed E-state index contributed by atoms with van der Waals surface area (Å²) in [5, 5.41) is 0. The minimum absolute atomic E-state index is 0.0249. The molecule has 1 heterocycles. The molecule has 0 radical (unpaired) electrons. The second-order valence-corrected chi connectivity index (χ2v) is 4.36. The van der Waals surface area contributed by atoms with Crippen molar-refractivity contribution in [3.63, 3.8) is 0 Å². The molecule has 1 aromatic carbocycles. The molecule has 2 aromatic rings. The van der Waals surface area contributed by atoms with Gasteiger partial charge in [0.15, 0.2) is 0 Å². The minimum atomic E-state index is 0.0249. The maximum atomic E-state index is 12.3.